The van der Waals surface area contributed by atoms with Crippen LogP contribution in [-0.4, -0.2) is 26.9 Å². The smallest absolute Gasteiger partial charge is 0.313 e. The highest BCUT2D eigenvalue weighted by molar-refractivity contribution is 7.92. The summed E-state index contributed by atoms with van der Waals surface area (Å²) in [5.74, 6) is -0.592. The van der Waals surface area contributed by atoms with E-state index in [0.717, 1.165) is 30.3 Å². The zero-order valence-electron chi connectivity index (χ0n) is 15.2. The topological polar surface area (TPSA) is 99.2 Å². The molecule has 1 heterocycles. The number of halogens is 4. The molecular weight excluding hydrogens is 448 g/mol. The van der Waals surface area contributed by atoms with E-state index in [1.54, 1.807) is 0 Å². The lowest BCUT2D eigenvalue weighted by atomic mass is 10.1. The summed E-state index contributed by atoms with van der Waals surface area (Å²) < 4.78 is 101. The Balaban J connectivity index is 2.31. The number of hydrogen-bond donors (Lipinski definition) is 1. The lowest BCUT2D eigenvalue weighted by molar-refractivity contribution is -0.0436. The van der Waals surface area contributed by atoms with Crippen molar-refractivity contribution in [3.05, 3.63) is 66.1 Å². The number of sulfone groups is 1. The van der Waals surface area contributed by atoms with Crippen LogP contribution in [0.4, 0.5) is 17.6 Å². The van der Waals surface area contributed by atoms with Crippen molar-refractivity contribution in [3.8, 4) is 16.9 Å². The van der Waals surface area contributed by atoms with Gasteiger partial charge in [-0.05, 0) is 55.0 Å². The number of sulfonamides is 1. The largest absolute Gasteiger partial charge is 0.501 e. The molecule has 0 unspecified atom stereocenters. The third-order valence-electron chi connectivity index (χ3n) is 4.36. The second-order valence-electron chi connectivity index (χ2n) is 6.31. The standard InChI is InChI=1S/C18H14F4N2O4S2/c1-11-17(29(25,26)18(20,21)22)10-16(24(11)14-6-4-13(19)5-7-14)12-2-8-15(9-3-12)30(23,27)28/h2-10H,1H3,(H2,23,27,28). The molecule has 0 fully saturated rings. The minimum absolute atomic E-state index is 0.0305. The van der Waals surface area contributed by atoms with Gasteiger partial charge in [-0.3, -0.25) is 0 Å². The fourth-order valence-electron chi connectivity index (χ4n) is 2.93. The van der Waals surface area contributed by atoms with Crippen molar-refractivity contribution in [1.29, 1.82) is 0 Å². The first-order valence-electron chi connectivity index (χ1n) is 8.16. The van der Waals surface area contributed by atoms with Crippen molar-refractivity contribution in [2.45, 2.75) is 22.2 Å². The molecule has 0 saturated carbocycles. The van der Waals surface area contributed by atoms with Gasteiger partial charge in [0.15, 0.2) is 0 Å². The monoisotopic (exact) mass is 462 g/mol. The number of nitrogens with two attached hydrogens (primary N) is 1. The average molecular weight is 462 g/mol. The van der Waals surface area contributed by atoms with Gasteiger partial charge in [-0.25, -0.2) is 26.4 Å². The molecule has 0 aliphatic carbocycles. The van der Waals surface area contributed by atoms with Gasteiger partial charge in [0, 0.05) is 11.4 Å². The Morgan fingerprint density at radius 2 is 1.43 bits per heavy atom. The van der Waals surface area contributed by atoms with E-state index in [1.807, 2.05) is 0 Å². The summed E-state index contributed by atoms with van der Waals surface area (Å²) in [5.41, 5.74) is -5.31. The van der Waals surface area contributed by atoms with E-state index < -0.39 is 36.1 Å². The molecule has 12 heteroatoms. The van der Waals surface area contributed by atoms with Gasteiger partial charge in [-0.15, -0.1) is 0 Å². The van der Waals surface area contributed by atoms with Gasteiger partial charge >= 0.3 is 5.51 Å². The quantitative estimate of drug-likeness (QED) is 0.600. The zero-order valence-corrected chi connectivity index (χ0v) is 16.8. The van der Waals surface area contributed by atoms with Crippen LogP contribution in [0, 0.1) is 12.7 Å². The van der Waals surface area contributed by atoms with Crippen molar-refractivity contribution >= 4 is 19.9 Å². The van der Waals surface area contributed by atoms with E-state index in [4.69, 9.17) is 5.14 Å². The third-order valence-corrected chi connectivity index (χ3v) is 6.89. The fourth-order valence-corrected chi connectivity index (χ4v) is 4.44. The summed E-state index contributed by atoms with van der Waals surface area (Å²) in [4.78, 5) is -1.20. The zero-order chi connectivity index (χ0) is 22.5. The number of hydrogen-bond acceptors (Lipinski definition) is 4. The summed E-state index contributed by atoms with van der Waals surface area (Å²) in [6.07, 6.45) is 0. The molecule has 0 saturated heterocycles. The van der Waals surface area contributed by atoms with Gasteiger partial charge in [-0.1, -0.05) is 12.1 Å². The van der Waals surface area contributed by atoms with Crippen LogP contribution in [0.2, 0.25) is 0 Å². The number of benzene rings is 2. The molecule has 1 aromatic heterocycles. The molecule has 0 amide bonds. The van der Waals surface area contributed by atoms with E-state index >= 15 is 0 Å². The molecule has 0 aliphatic heterocycles. The number of alkyl halides is 3. The lowest BCUT2D eigenvalue weighted by Crippen LogP contribution is -2.23. The molecule has 3 aromatic rings. The SMILES string of the molecule is Cc1c(S(=O)(=O)C(F)(F)F)cc(-c2ccc(S(N)(=O)=O)cc2)n1-c1ccc(F)cc1. The van der Waals surface area contributed by atoms with Gasteiger partial charge in [0.25, 0.3) is 9.84 Å². The lowest BCUT2D eigenvalue weighted by Gasteiger charge is -2.13. The summed E-state index contributed by atoms with van der Waals surface area (Å²) in [5, 5.41) is 5.04. The average Bonchev–Trinajstić information content (AvgIpc) is 2.99. The van der Waals surface area contributed by atoms with Crippen LogP contribution in [0.15, 0.2) is 64.4 Å². The Labute approximate surface area is 169 Å². The molecule has 2 N–H and O–H groups in total. The Hall–Kier alpha value is -2.70. The maximum absolute atomic E-state index is 13.3. The molecular formula is C18H14F4N2O4S2. The van der Waals surface area contributed by atoms with Gasteiger partial charge < -0.3 is 4.57 Å². The predicted octanol–water partition coefficient (Wildman–Crippen LogP) is 3.53. The van der Waals surface area contributed by atoms with Crippen LogP contribution in [0.5, 0.6) is 0 Å². The summed E-state index contributed by atoms with van der Waals surface area (Å²) in [7, 11) is -9.68. The second-order valence-corrected chi connectivity index (χ2v) is 9.78. The number of aromatic nitrogens is 1. The molecule has 0 atom stereocenters. The first kappa shape index (κ1) is 22.0. The number of nitrogens with zero attached hydrogens (tertiary/aromatic N) is 1. The van der Waals surface area contributed by atoms with Crippen LogP contribution in [-0.2, 0) is 19.9 Å². The highest BCUT2D eigenvalue weighted by Crippen LogP contribution is 2.38. The van der Waals surface area contributed by atoms with E-state index in [-0.39, 0.29) is 27.5 Å². The Morgan fingerprint density at radius 3 is 1.90 bits per heavy atom. The van der Waals surface area contributed by atoms with Crippen molar-refractivity contribution in [2.24, 2.45) is 5.14 Å². The van der Waals surface area contributed by atoms with Crippen LogP contribution in [0.1, 0.15) is 5.69 Å². The molecule has 0 spiro atoms. The number of rotatable bonds is 4. The predicted molar refractivity (Wildman–Crippen MR) is 101 cm³/mol. The normalized spacial score (nSPS) is 12.9. The summed E-state index contributed by atoms with van der Waals surface area (Å²) in [6, 6.07) is 10.4. The molecule has 6 nitrogen and oxygen atoms in total. The fraction of sp³-hybridized carbons (Fsp3) is 0.111. The van der Waals surface area contributed by atoms with Crippen molar-refractivity contribution in [2.75, 3.05) is 0 Å². The highest BCUT2D eigenvalue weighted by atomic mass is 32.2. The van der Waals surface area contributed by atoms with Crippen LogP contribution < -0.4 is 5.14 Å². The van der Waals surface area contributed by atoms with Gasteiger partial charge in [-0.2, -0.15) is 13.2 Å². The highest BCUT2D eigenvalue weighted by Gasteiger charge is 2.48. The minimum atomic E-state index is -5.68. The van der Waals surface area contributed by atoms with Gasteiger partial charge in [0.05, 0.1) is 15.5 Å². The summed E-state index contributed by atoms with van der Waals surface area (Å²) >= 11 is 0. The molecule has 0 aliphatic rings. The van der Waals surface area contributed by atoms with E-state index in [1.165, 1.54) is 35.8 Å². The number of primary sulfonamides is 1. The first-order chi connectivity index (χ1) is 13.7. The Morgan fingerprint density at radius 1 is 0.900 bits per heavy atom. The van der Waals surface area contributed by atoms with E-state index in [2.05, 4.69) is 0 Å². The van der Waals surface area contributed by atoms with Gasteiger partial charge in [0.1, 0.15) is 5.82 Å². The maximum atomic E-state index is 13.3. The maximum Gasteiger partial charge on any atom is 0.501 e. The van der Waals surface area contributed by atoms with Crippen molar-refractivity contribution in [3.63, 3.8) is 0 Å². The summed E-state index contributed by atoms with van der Waals surface area (Å²) in [6.45, 7) is 1.18. The van der Waals surface area contributed by atoms with Crippen LogP contribution in [0.3, 0.4) is 0 Å². The first-order valence-corrected chi connectivity index (χ1v) is 11.2. The Bertz CT molecular complexity index is 1310. The molecule has 2 aromatic carbocycles. The van der Waals surface area contributed by atoms with E-state index in [9.17, 15) is 34.4 Å². The van der Waals surface area contributed by atoms with Crippen LogP contribution in [0.25, 0.3) is 16.9 Å². The molecule has 3 rings (SSSR count). The van der Waals surface area contributed by atoms with Crippen LogP contribution >= 0.6 is 0 Å². The van der Waals surface area contributed by atoms with Gasteiger partial charge in [0.2, 0.25) is 10.0 Å². The molecule has 30 heavy (non-hydrogen) atoms. The second kappa shape index (κ2) is 7.22. The minimum Gasteiger partial charge on any atom is -0.313 e. The molecule has 0 radical (unpaired) electrons. The van der Waals surface area contributed by atoms with E-state index in [0.29, 0.717) is 0 Å². The third kappa shape index (κ3) is 3.85. The molecule has 160 valence electrons. The van der Waals surface area contributed by atoms with Crippen molar-refractivity contribution in [1.82, 2.24) is 4.57 Å². The Kier molecular flexibility index (Phi) is 5.29. The van der Waals surface area contributed by atoms with Crippen molar-refractivity contribution < 1.29 is 34.4 Å². The molecule has 0 bridgehead atoms.